The zero-order valence-corrected chi connectivity index (χ0v) is 17.4. The van der Waals surface area contributed by atoms with Crippen LogP contribution in [0.25, 0.3) is 0 Å². The van der Waals surface area contributed by atoms with Crippen molar-refractivity contribution in [2.45, 2.75) is 38.6 Å². The van der Waals surface area contributed by atoms with Gasteiger partial charge in [0.25, 0.3) is 0 Å². The first-order valence-corrected chi connectivity index (χ1v) is 10.2. The van der Waals surface area contributed by atoms with Crippen LogP contribution in [-0.4, -0.2) is 50.8 Å². The van der Waals surface area contributed by atoms with Gasteiger partial charge in [-0.05, 0) is 63.5 Å². The number of nitrogens with zero attached hydrogens (tertiary/aromatic N) is 2. The van der Waals surface area contributed by atoms with Gasteiger partial charge >= 0.3 is 0 Å². The first kappa shape index (κ1) is 19.9. The summed E-state index contributed by atoms with van der Waals surface area (Å²) < 4.78 is 5.47. The summed E-state index contributed by atoms with van der Waals surface area (Å²) in [6.07, 6.45) is 3.26. The summed E-state index contributed by atoms with van der Waals surface area (Å²) in [5.74, 6) is 0. The Morgan fingerprint density at radius 2 is 1.41 bits per heavy atom. The number of morpholine rings is 1. The smallest absolute Gasteiger partial charge is 0.0642 e. The first-order chi connectivity index (χ1) is 13.0. The van der Waals surface area contributed by atoms with E-state index in [0.29, 0.717) is 0 Å². The van der Waals surface area contributed by atoms with Crippen LogP contribution >= 0.6 is 0 Å². The average molecular weight is 367 g/mol. The summed E-state index contributed by atoms with van der Waals surface area (Å²) in [4.78, 5) is 4.83. The normalized spacial score (nSPS) is 17.1. The Labute approximate surface area is 164 Å². The summed E-state index contributed by atoms with van der Waals surface area (Å²) in [6.45, 7) is 8.11. The highest BCUT2D eigenvalue weighted by atomic mass is 16.5. The molecule has 1 fully saturated rings. The Kier molecular flexibility index (Phi) is 6.56. The van der Waals surface area contributed by atoms with Gasteiger partial charge in [0.2, 0.25) is 0 Å². The third-order valence-corrected chi connectivity index (χ3v) is 6.11. The van der Waals surface area contributed by atoms with Crippen LogP contribution in [0.15, 0.2) is 48.5 Å². The molecule has 0 bridgehead atoms. The molecule has 2 aromatic carbocycles. The van der Waals surface area contributed by atoms with E-state index in [1.165, 1.54) is 22.4 Å². The molecule has 1 heterocycles. The molecule has 27 heavy (non-hydrogen) atoms. The van der Waals surface area contributed by atoms with E-state index < -0.39 is 0 Å². The molecule has 1 aliphatic rings. The van der Waals surface area contributed by atoms with Crippen molar-refractivity contribution >= 4 is 5.69 Å². The highest BCUT2D eigenvalue weighted by Crippen LogP contribution is 2.29. The molecule has 3 rings (SSSR count). The topological polar surface area (TPSA) is 15.7 Å². The van der Waals surface area contributed by atoms with Gasteiger partial charge in [0, 0.05) is 24.3 Å². The molecule has 0 N–H and O–H groups in total. The number of likely N-dealkylation sites (N-methyl/N-ethyl adjacent to an activating group) is 1. The second kappa shape index (κ2) is 8.90. The van der Waals surface area contributed by atoms with Crippen molar-refractivity contribution in [2.24, 2.45) is 0 Å². The van der Waals surface area contributed by atoms with E-state index in [2.05, 4.69) is 86.3 Å². The van der Waals surface area contributed by atoms with Gasteiger partial charge in [0.15, 0.2) is 0 Å². The van der Waals surface area contributed by atoms with Gasteiger partial charge < -0.3 is 14.5 Å². The van der Waals surface area contributed by atoms with Gasteiger partial charge in [0.1, 0.15) is 0 Å². The van der Waals surface area contributed by atoms with Gasteiger partial charge in [-0.1, -0.05) is 48.9 Å². The first-order valence-electron chi connectivity index (χ1n) is 10.2. The SMILES string of the molecule is CCC(Cc1ccc(C)cc1)(Cc1ccc(N2CCOCC2)cc1)N(C)C. The maximum absolute atomic E-state index is 5.47. The van der Waals surface area contributed by atoms with Crippen LogP contribution < -0.4 is 4.90 Å². The van der Waals surface area contributed by atoms with E-state index in [1.807, 2.05) is 0 Å². The summed E-state index contributed by atoms with van der Waals surface area (Å²) >= 11 is 0. The second-order valence-corrected chi connectivity index (χ2v) is 8.08. The summed E-state index contributed by atoms with van der Waals surface area (Å²) in [5, 5.41) is 0. The van der Waals surface area contributed by atoms with E-state index >= 15 is 0 Å². The molecular weight excluding hydrogens is 332 g/mol. The number of anilines is 1. The van der Waals surface area contributed by atoms with Crippen LogP contribution in [0.3, 0.4) is 0 Å². The van der Waals surface area contributed by atoms with Crippen LogP contribution in [0.4, 0.5) is 5.69 Å². The molecule has 3 nitrogen and oxygen atoms in total. The van der Waals surface area contributed by atoms with E-state index in [4.69, 9.17) is 4.74 Å². The van der Waals surface area contributed by atoms with Crippen molar-refractivity contribution < 1.29 is 4.74 Å². The summed E-state index contributed by atoms with van der Waals surface area (Å²) in [6, 6.07) is 18.2. The van der Waals surface area contributed by atoms with Gasteiger partial charge in [-0.15, -0.1) is 0 Å². The highest BCUT2D eigenvalue weighted by molar-refractivity contribution is 5.48. The second-order valence-electron chi connectivity index (χ2n) is 8.08. The van der Waals surface area contributed by atoms with E-state index in [-0.39, 0.29) is 5.54 Å². The lowest BCUT2D eigenvalue weighted by atomic mass is 9.81. The Morgan fingerprint density at radius 3 is 1.89 bits per heavy atom. The number of hydrogen-bond donors (Lipinski definition) is 0. The molecule has 0 aromatic heterocycles. The van der Waals surface area contributed by atoms with Crippen LogP contribution in [0, 0.1) is 6.92 Å². The van der Waals surface area contributed by atoms with Crippen molar-refractivity contribution in [3.63, 3.8) is 0 Å². The predicted molar refractivity (Wildman–Crippen MR) is 115 cm³/mol. The lowest BCUT2D eigenvalue weighted by Gasteiger charge is -2.40. The maximum Gasteiger partial charge on any atom is 0.0642 e. The zero-order chi connectivity index (χ0) is 19.3. The molecule has 146 valence electrons. The molecule has 1 unspecified atom stereocenters. The van der Waals surface area contributed by atoms with Crippen LogP contribution in [0.5, 0.6) is 0 Å². The Morgan fingerprint density at radius 1 is 0.889 bits per heavy atom. The maximum atomic E-state index is 5.47. The quantitative estimate of drug-likeness (QED) is 0.725. The molecular formula is C24H34N2O. The molecule has 0 radical (unpaired) electrons. The lowest BCUT2D eigenvalue weighted by molar-refractivity contribution is 0.122. The minimum absolute atomic E-state index is 0.135. The number of ether oxygens (including phenoxy) is 1. The van der Waals surface area contributed by atoms with Crippen LogP contribution in [0.1, 0.15) is 30.0 Å². The summed E-state index contributed by atoms with van der Waals surface area (Å²) in [7, 11) is 4.44. The Hall–Kier alpha value is -1.84. The minimum atomic E-state index is 0.135. The number of rotatable bonds is 7. The fraction of sp³-hybridized carbons (Fsp3) is 0.500. The molecule has 0 saturated carbocycles. The summed E-state index contributed by atoms with van der Waals surface area (Å²) in [5.41, 5.74) is 5.60. The van der Waals surface area contributed by atoms with Crippen molar-refractivity contribution in [1.29, 1.82) is 0 Å². The molecule has 0 amide bonds. The van der Waals surface area contributed by atoms with Gasteiger partial charge in [-0.2, -0.15) is 0 Å². The highest BCUT2D eigenvalue weighted by Gasteiger charge is 2.31. The molecule has 0 aliphatic carbocycles. The van der Waals surface area contributed by atoms with Crippen LogP contribution in [0.2, 0.25) is 0 Å². The predicted octanol–water partition coefficient (Wildman–Crippen LogP) is 4.33. The van der Waals surface area contributed by atoms with Crippen LogP contribution in [-0.2, 0) is 17.6 Å². The zero-order valence-electron chi connectivity index (χ0n) is 17.4. The molecule has 3 heteroatoms. The molecule has 0 spiro atoms. The molecule has 2 aromatic rings. The van der Waals surface area contributed by atoms with Crippen molar-refractivity contribution in [3.8, 4) is 0 Å². The third kappa shape index (κ3) is 4.91. The van der Waals surface area contributed by atoms with Crippen molar-refractivity contribution in [3.05, 3.63) is 65.2 Å². The number of benzene rings is 2. The number of hydrogen-bond acceptors (Lipinski definition) is 3. The lowest BCUT2D eigenvalue weighted by Crippen LogP contribution is -2.47. The Balaban J connectivity index is 1.76. The fourth-order valence-corrected chi connectivity index (χ4v) is 4.06. The van der Waals surface area contributed by atoms with Crippen molar-refractivity contribution in [1.82, 2.24) is 4.90 Å². The van der Waals surface area contributed by atoms with Gasteiger partial charge in [0.05, 0.1) is 13.2 Å². The largest absolute Gasteiger partial charge is 0.378 e. The van der Waals surface area contributed by atoms with Gasteiger partial charge in [-0.3, -0.25) is 0 Å². The molecule has 1 saturated heterocycles. The number of aryl methyl sites for hydroxylation is 1. The molecule has 1 atom stereocenters. The Bertz CT molecular complexity index is 702. The van der Waals surface area contributed by atoms with E-state index in [1.54, 1.807) is 0 Å². The average Bonchev–Trinajstić information content (AvgIpc) is 2.70. The molecule has 1 aliphatic heterocycles. The van der Waals surface area contributed by atoms with Crippen molar-refractivity contribution in [2.75, 3.05) is 45.3 Å². The van der Waals surface area contributed by atoms with Gasteiger partial charge in [-0.25, -0.2) is 0 Å². The standard InChI is InChI=1S/C24H34N2O/c1-5-24(25(3)4,18-21-8-6-20(2)7-9-21)19-22-10-12-23(13-11-22)26-14-16-27-17-15-26/h6-13H,5,14-19H2,1-4H3. The monoisotopic (exact) mass is 366 g/mol. The fourth-order valence-electron chi connectivity index (χ4n) is 4.06. The minimum Gasteiger partial charge on any atom is -0.378 e. The third-order valence-electron chi connectivity index (χ3n) is 6.11. The van der Waals surface area contributed by atoms with E-state index in [0.717, 1.165) is 45.6 Å². The van der Waals surface area contributed by atoms with E-state index in [9.17, 15) is 0 Å².